The fraction of sp³-hybridized carbons (Fsp3) is 0.235. The monoisotopic (exact) mass is 302 g/mol. The molecule has 0 aliphatic rings. The van der Waals surface area contributed by atoms with E-state index >= 15 is 0 Å². The molecule has 0 atom stereocenters. The molecular formula is C17H19ClN2O. The van der Waals surface area contributed by atoms with Crippen molar-refractivity contribution in [3.8, 4) is 0 Å². The van der Waals surface area contributed by atoms with Gasteiger partial charge in [0.05, 0.1) is 0 Å². The number of benzene rings is 2. The first-order chi connectivity index (χ1) is 9.97. The van der Waals surface area contributed by atoms with E-state index in [0.29, 0.717) is 22.8 Å². The van der Waals surface area contributed by atoms with E-state index in [4.69, 9.17) is 17.3 Å². The summed E-state index contributed by atoms with van der Waals surface area (Å²) in [5.74, 6) is -0.0961. The molecule has 4 heteroatoms. The minimum Gasteiger partial charge on any atom is -0.398 e. The normalized spacial score (nSPS) is 10.4. The number of halogens is 1. The van der Waals surface area contributed by atoms with Crippen LogP contribution in [0.2, 0.25) is 5.02 Å². The lowest BCUT2D eigenvalue weighted by molar-refractivity contribution is 0.0953. The molecule has 0 saturated heterocycles. The molecule has 0 radical (unpaired) electrons. The van der Waals surface area contributed by atoms with Gasteiger partial charge in [0, 0.05) is 22.8 Å². The zero-order chi connectivity index (χ0) is 15.4. The quantitative estimate of drug-likeness (QED) is 0.849. The maximum atomic E-state index is 12.2. The summed E-state index contributed by atoms with van der Waals surface area (Å²) in [5.41, 5.74) is 10.2. The lowest BCUT2D eigenvalue weighted by Crippen LogP contribution is -2.26. The first kappa shape index (κ1) is 15.4. The fourth-order valence-corrected chi connectivity index (χ4v) is 2.43. The van der Waals surface area contributed by atoms with Crippen LogP contribution in [0.5, 0.6) is 0 Å². The standard InChI is InChI=1S/C17H19ClN2O/c1-11-8-12(2)16(19)10-15(11)17(21)20-7-6-13-4-3-5-14(18)9-13/h3-5,8-10H,6-7,19H2,1-2H3,(H,20,21). The largest absolute Gasteiger partial charge is 0.398 e. The van der Waals surface area contributed by atoms with Gasteiger partial charge in [-0.1, -0.05) is 29.8 Å². The Hall–Kier alpha value is -2.00. The van der Waals surface area contributed by atoms with Crippen LogP contribution in [0, 0.1) is 13.8 Å². The predicted molar refractivity (Wildman–Crippen MR) is 87.8 cm³/mol. The molecule has 1 amide bonds. The van der Waals surface area contributed by atoms with E-state index in [-0.39, 0.29) is 5.91 Å². The minimum atomic E-state index is -0.0961. The Labute approximate surface area is 130 Å². The van der Waals surface area contributed by atoms with Crippen LogP contribution < -0.4 is 11.1 Å². The number of anilines is 1. The van der Waals surface area contributed by atoms with Gasteiger partial charge in [-0.05, 0) is 55.2 Å². The summed E-state index contributed by atoms with van der Waals surface area (Å²) in [7, 11) is 0. The van der Waals surface area contributed by atoms with Gasteiger partial charge in [-0.3, -0.25) is 4.79 Å². The molecule has 0 aromatic heterocycles. The number of carbonyl (C=O) groups excluding carboxylic acids is 1. The number of hydrogen-bond acceptors (Lipinski definition) is 2. The Morgan fingerprint density at radius 2 is 1.95 bits per heavy atom. The van der Waals surface area contributed by atoms with Gasteiger partial charge in [-0.15, -0.1) is 0 Å². The smallest absolute Gasteiger partial charge is 0.251 e. The van der Waals surface area contributed by atoms with E-state index in [1.54, 1.807) is 6.07 Å². The molecule has 21 heavy (non-hydrogen) atoms. The van der Waals surface area contributed by atoms with Gasteiger partial charge in [-0.2, -0.15) is 0 Å². The van der Waals surface area contributed by atoms with Crippen LogP contribution in [0.1, 0.15) is 27.0 Å². The number of amides is 1. The number of aryl methyl sites for hydroxylation is 2. The highest BCUT2D eigenvalue weighted by Crippen LogP contribution is 2.17. The maximum Gasteiger partial charge on any atom is 0.251 e. The minimum absolute atomic E-state index is 0.0961. The fourth-order valence-electron chi connectivity index (χ4n) is 2.22. The molecule has 0 fully saturated rings. The lowest BCUT2D eigenvalue weighted by atomic mass is 10.0. The molecule has 2 rings (SSSR count). The Kier molecular flexibility index (Phi) is 4.86. The molecule has 0 heterocycles. The third-order valence-electron chi connectivity index (χ3n) is 3.45. The van der Waals surface area contributed by atoms with Gasteiger partial charge < -0.3 is 11.1 Å². The molecule has 0 saturated carbocycles. The van der Waals surface area contributed by atoms with Crippen LogP contribution in [0.3, 0.4) is 0 Å². The Morgan fingerprint density at radius 1 is 1.19 bits per heavy atom. The average molecular weight is 303 g/mol. The highest BCUT2D eigenvalue weighted by atomic mass is 35.5. The number of nitrogens with one attached hydrogen (secondary N) is 1. The van der Waals surface area contributed by atoms with Crippen molar-refractivity contribution in [3.63, 3.8) is 0 Å². The molecule has 2 aromatic rings. The van der Waals surface area contributed by atoms with E-state index in [9.17, 15) is 4.79 Å². The van der Waals surface area contributed by atoms with Crippen LogP contribution in [-0.4, -0.2) is 12.5 Å². The first-order valence-electron chi connectivity index (χ1n) is 6.86. The van der Waals surface area contributed by atoms with Crippen LogP contribution in [0.25, 0.3) is 0 Å². The molecule has 3 nitrogen and oxygen atoms in total. The SMILES string of the molecule is Cc1cc(C)c(C(=O)NCCc2cccc(Cl)c2)cc1N. The summed E-state index contributed by atoms with van der Waals surface area (Å²) in [6.45, 7) is 4.41. The number of carbonyl (C=O) groups is 1. The summed E-state index contributed by atoms with van der Waals surface area (Å²) in [6, 6.07) is 11.3. The molecule has 0 spiro atoms. The molecular weight excluding hydrogens is 284 g/mol. The Morgan fingerprint density at radius 3 is 2.67 bits per heavy atom. The van der Waals surface area contributed by atoms with Gasteiger partial charge >= 0.3 is 0 Å². The summed E-state index contributed by atoms with van der Waals surface area (Å²) >= 11 is 5.93. The number of hydrogen-bond donors (Lipinski definition) is 2. The van der Waals surface area contributed by atoms with Crippen molar-refractivity contribution in [2.45, 2.75) is 20.3 Å². The second kappa shape index (κ2) is 6.64. The summed E-state index contributed by atoms with van der Waals surface area (Å²) in [6.07, 6.45) is 0.743. The molecule has 0 aliphatic carbocycles. The highest BCUT2D eigenvalue weighted by Gasteiger charge is 2.10. The third-order valence-corrected chi connectivity index (χ3v) is 3.68. The van der Waals surface area contributed by atoms with Gasteiger partial charge in [0.25, 0.3) is 5.91 Å². The van der Waals surface area contributed by atoms with Gasteiger partial charge in [0.1, 0.15) is 0 Å². The number of nitrogen functional groups attached to an aromatic ring is 1. The van der Waals surface area contributed by atoms with Crippen molar-refractivity contribution in [3.05, 3.63) is 63.7 Å². The van der Waals surface area contributed by atoms with E-state index in [0.717, 1.165) is 23.1 Å². The third kappa shape index (κ3) is 3.99. The van der Waals surface area contributed by atoms with Gasteiger partial charge in [0.15, 0.2) is 0 Å². The van der Waals surface area contributed by atoms with Crippen LogP contribution in [0.15, 0.2) is 36.4 Å². The molecule has 3 N–H and O–H groups in total. The van der Waals surface area contributed by atoms with Crippen LogP contribution in [0.4, 0.5) is 5.69 Å². The molecule has 0 unspecified atom stereocenters. The molecule has 0 bridgehead atoms. The zero-order valence-electron chi connectivity index (χ0n) is 12.2. The van der Waals surface area contributed by atoms with Crippen molar-refractivity contribution in [1.29, 1.82) is 0 Å². The number of rotatable bonds is 4. The summed E-state index contributed by atoms with van der Waals surface area (Å²) < 4.78 is 0. The number of nitrogens with two attached hydrogens (primary N) is 1. The Bertz CT molecular complexity index is 668. The predicted octanol–water partition coefficient (Wildman–Crippen LogP) is 3.51. The van der Waals surface area contributed by atoms with Crippen LogP contribution in [-0.2, 0) is 6.42 Å². The summed E-state index contributed by atoms with van der Waals surface area (Å²) in [5, 5.41) is 3.63. The van der Waals surface area contributed by atoms with Crippen molar-refractivity contribution in [2.24, 2.45) is 0 Å². The van der Waals surface area contributed by atoms with Gasteiger partial charge in [0.2, 0.25) is 0 Å². The second-order valence-corrected chi connectivity index (χ2v) is 5.60. The van der Waals surface area contributed by atoms with Crippen molar-refractivity contribution in [1.82, 2.24) is 5.32 Å². The Balaban J connectivity index is 1.98. The maximum absolute atomic E-state index is 12.2. The van der Waals surface area contributed by atoms with E-state index in [2.05, 4.69) is 5.32 Å². The van der Waals surface area contributed by atoms with E-state index in [1.165, 1.54) is 0 Å². The van der Waals surface area contributed by atoms with Crippen molar-refractivity contribution >= 4 is 23.2 Å². The molecule has 0 aliphatic heterocycles. The molecule has 110 valence electrons. The van der Waals surface area contributed by atoms with Crippen molar-refractivity contribution < 1.29 is 4.79 Å². The van der Waals surface area contributed by atoms with Gasteiger partial charge in [-0.25, -0.2) is 0 Å². The lowest BCUT2D eigenvalue weighted by Gasteiger charge is -2.10. The van der Waals surface area contributed by atoms with E-state index in [1.807, 2.05) is 44.2 Å². The highest BCUT2D eigenvalue weighted by molar-refractivity contribution is 6.30. The average Bonchev–Trinajstić information content (AvgIpc) is 2.43. The zero-order valence-corrected chi connectivity index (χ0v) is 13.0. The van der Waals surface area contributed by atoms with E-state index < -0.39 is 0 Å². The van der Waals surface area contributed by atoms with Crippen molar-refractivity contribution in [2.75, 3.05) is 12.3 Å². The second-order valence-electron chi connectivity index (χ2n) is 5.16. The first-order valence-corrected chi connectivity index (χ1v) is 7.24. The van der Waals surface area contributed by atoms with Crippen LogP contribution >= 0.6 is 11.6 Å². The summed E-state index contributed by atoms with van der Waals surface area (Å²) in [4.78, 5) is 12.2. The molecule has 2 aromatic carbocycles. The topological polar surface area (TPSA) is 55.1 Å².